The van der Waals surface area contributed by atoms with Crippen molar-refractivity contribution < 1.29 is 0 Å². The first kappa shape index (κ1) is 13.9. The number of guanidine groups is 1. The summed E-state index contributed by atoms with van der Waals surface area (Å²) >= 11 is 7.27. The number of nitrogens with zero attached hydrogens (tertiary/aromatic N) is 2. The Hall–Kier alpha value is -0.550. The second kappa shape index (κ2) is 5.21. The lowest BCUT2D eigenvalue weighted by molar-refractivity contribution is 0.847. The highest BCUT2D eigenvalue weighted by Crippen LogP contribution is 2.39. The molecule has 5 heteroatoms. The maximum atomic E-state index is 5.94. The molecule has 1 heterocycles. The van der Waals surface area contributed by atoms with E-state index < -0.39 is 0 Å². The Bertz CT molecular complexity index is 509. The molecule has 98 valence electrons. The van der Waals surface area contributed by atoms with Gasteiger partial charge in [0.1, 0.15) is 0 Å². The number of hydrogen-bond donors (Lipinski definition) is 1. The lowest BCUT2D eigenvalue weighted by Crippen LogP contribution is -2.34. The van der Waals surface area contributed by atoms with Gasteiger partial charge in [0.15, 0.2) is 5.96 Å². The van der Waals surface area contributed by atoms with E-state index in [1.807, 2.05) is 0 Å². The SMILES string of the molecule is Cc1c(N2CCN=C2N)cc(Br)c(Br)c1C(C)C. The van der Waals surface area contributed by atoms with Gasteiger partial charge in [-0.3, -0.25) is 4.99 Å². The van der Waals surface area contributed by atoms with Gasteiger partial charge in [0, 0.05) is 21.2 Å². The first-order chi connectivity index (χ1) is 8.43. The molecule has 0 saturated heterocycles. The van der Waals surface area contributed by atoms with Crippen molar-refractivity contribution in [1.29, 1.82) is 0 Å². The fraction of sp³-hybridized carbons (Fsp3) is 0.462. The summed E-state index contributed by atoms with van der Waals surface area (Å²) in [5.41, 5.74) is 9.67. The van der Waals surface area contributed by atoms with Gasteiger partial charge in [-0.15, -0.1) is 0 Å². The smallest absolute Gasteiger partial charge is 0.195 e. The molecule has 0 atom stereocenters. The van der Waals surface area contributed by atoms with Crippen molar-refractivity contribution in [3.8, 4) is 0 Å². The van der Waals surface area contributed by atoms with Crippen molar-refractivity contribution in [1.82, 2.24) is 0 Å². The third kappa shape index (κ3) is 2.30. The van der Waals surface area contributed by atoms with Crippen LogP contribution in [0.4, 0.5) is 5.69 Å². The minimum atomic E-state index is 0.455. The zero-order valence-electron chi connectivity index (χ0n) is 10.8. The van der Waals surface area contributed by atoms with Crippen LogP contribution in [0.5, 0.6) is 0 Å². The molecule has 3 nitrogen and oxygen atoms in total. The van der Waals surface area contributed by atoms with Gasteiger partial charge in [0.05, 0.1) is 6.54 Å². The second-order valence-corrected chi connectivity index (χ2v) is 6.42. The Labute approximate surface area is 125 Å². The largest absolute Gasteiger partial charge is 0.370 e. The number of aliphatic imine (C=N–C) groups is 1. The maximum Gasteiger partial charge on any atom is 0.195 e. The van der Waals surface area contributed by atoms with Gasteiger partial charge in [-0.1, -0.05) is 13.8 Å². The summed E-state index contributed by atoms with van der Waals surface area (Å²) in [7, 11) is 0. The molecule has 0 amide bonds. The number of rotatable bonds is 2. The van der Waals surface area contributed by atoms with E-state index in [2.05, 4.69) is 68.6 Å². The molecule has 0 fully saturated rings. The standard InChI is InChI=1S/C13H17Br2N3/c1-7(2)11-8(3)10(6-9(14)12(11)15)18-5-4-17-13(18)16/h6-7H,4-5H2,1-3H3,(H2,16,17). The molecule has 0 bridgehead atoms. The highest BCUT2D eigenvalue weighted by Gasteiger charge is 2.22. The lowest BCUT2D eigenvalue weighted by Gasteiger charge is -2.24. The summed E-state index contributed by atoms with van der Waals surface area (Å²) in [5.74, 6) is 1.07. The predicted octanol–water partition coefficient (Wildman–Crippen LogP) is 3.78. The van der Waals surface area contributed by atoms with Crippen molar-refractivity contribution in [2.75, 3.05) is 18.0 Å². The van der Waals surface area contributed by atoms with E-state index in [1.54, 1.807) is 0 Å². The third-order valence-electron chi connectivity index (χ3n) is 3.24. The Morgan fingerprint density at radius 1 is 1.39 bits per heavy atom. The highest BCUT2D eigenvalue weighted by atomic mass is 79.9. The van der Waals surface area contributed by atoms with Crippen LogP contribution in [0.3, 0.4) is 0 Å². The van der Waals surface area contributed by atoms with Crippen molar-refractivity contribution in [2.24, 2.45) is 10.7 Å². The zero-order chi connectivity index (χ0) is 13.4. The molecule has 18 heavy (non-hydrogen) atoms. The monoisotopic (exact) mass is 373 g/mol. The normalized spacial score (nSPS) is 15.4. The van der Waals surface area contributed by atoms with Crippen LogP contribution >= 0.6 is 31.9 Å². The molecule has 0 spiro atoms. The minimum Gasteiger partial charge on any atom is -0.370 e. The van der Waals surface area contributed by atoms with Gasteiger partial charge in [0.25, 0.3) is 0 Å². The topological polar surface area (TPSA) is 41.6 Å². The lowest BCUT2D eigenvalue weighted by atomic mass is 9.96. The van der Waals surface area contributed by atoms with Gasteiger partial charge in [0.2, 0.25) is 0 Å². The van der Waals surface area contributed by atoms with Crippen molar-refractivity contribution in [3.63, 3.8) is 0 Å². The van der Waals surface area contributed by atoms with Crippen LogP contribution in [0.15, 0.2) is 20.0 Å². The summed E-state index contributed by atoms with van der Waals surface area (Å²) in [4.78, 5) is 6.34. The summed E-state index contributed by atoms with van der Waals surface area (Å²) in [6, 6.07) is 2.11. The Morgan fingerprint density at radius 3 is 2.56 bits per heavy atom. The van der Waals surface area contributed by atoms with E-state index in [9.17, 15) is 0 Å². The van der Waals surface area contributed by atoms with E-state index in [-0.39, 0.29) is 0 Å². The molecular formula is C13H17Br2N3. The summed E-state index contributed by atoms with van der Waals surface area (Å²) in [6.45, 7) is 8.18. The van der Waals surface area contributed by atoms with E-state index in [1.165, 1.54) is 11.1 Å². The van der Waals surface area contributed by atoms with Gasteiger partial charge in [-0.05, 0) is 61.9 Å². The molecule has 2 N–H and O–H groups in total. The van der Waals surface area contributed by atoms with Crippen LogP contribution in [0.1, 0.15) is 30.9 Å². The molecule has 0 unspecified atom stereocenters. The van der Waals surface area contributed by atoms with Gasteiger partial charge >= 0.3 is 0 Å². The zero-order valence-corrected chi connectivity index (χ0v) is 14.0. The van der Waals surface area contributed by atoms with Gasteiger partial charge in [-0.2, -0.15) is 0 Å². The predicted molar refractivity (Wildman–Crippen MR) is 84.5 cm³/mol. The maximum absolute atomic E-state index is 5.94. The van der Waals surface area contributed by atoms with E-state index >= 15 is 0 Å². The van der Waals surface area contributed by atoms with E-state index in [0.29, 0.717) is 11.9 Å². The fourth-order valence-electron chi connectivity index (χ4n) is 2.40. The molecule has 0 radical (unpaired) electrons. The second-order valence-electron chi connectivity index (χ2n) is 4.78. The molecule has 0 saturated carbocycles. The number of nitrogens with two attached hydrogens (primary N) is 1. The Morgan fingerprint density at radius 2 is 2.06 bits per heavy atom. The Balaban J connectivity index is 2.59. The highest BCUT2D eigenvalue weighted by molar-refractivity contribution is 9.13. The average Bonchev–Trinajstić information content (AvgIpc) is 2.70. The number of benzene rings is 1. The number of hydrogen-bond acceptors (Lipinski definition) is 3. The van der Waals surface area contributed by atoms with Crippen LogP contribution in [-0.4, -0.2) is 19.0 Å². The quantitative estimate of drug-likeness (QED) is 0.855. The first-order valence-corrected chi connectivity index (χ1v) is 7.58. The summed E-state index contributed by atoms with van der Waals surface area (Å²) in [6.07, 6.45) is 0. The van der Waals surface area contributed by atoms with Crippen LogP contribution in [-0.2, 0) is 0 Å². The molecule has 0 aliphatic carbocycles. The van der Waals surface area contributed by atoms with Gasteiger partial charge in [-0.25, -0.2) is 0 Å². The molecule has 1 aromatic carbocycles. The van der Waals surface area contributed by atoms with Crippen LogP contribution in [0.25, 0.3) is 0 Å². The van der Waals surface area contributed by atoms with Crippen LogP contribution < -0.4 is 10.6 Å². The first-order valence-electron chi connectivity index (χ1n) is 5.99. The summed E-state index contributed by atoms with van der Waals surface area (Å²) in [5, 5.41) is 0. The van der Waals surface area contributed by atoms with E-state index in [4.69, 9.17) is 5.73 Å². The molecular weight excluding hydrogens is 358 g/mol. The van der Waals surface area contributed by atoms with E-state index in [0.717, 1.165) is 27.7 Å². The fourth-order valence-corrected chi connectivity index (χ4v) is 3.70. The van der Waals surface area contributed by atoms with Crippen molar-refractivity contribution >= 4 is 43.5 Å². The van der Waals surface area contributed by atoms with Gasteiger partial charge < -0.3 is 10.6 Å². The van der Waals surface area contributed by atoms with Crippen molar-refractivity contribution in [2.45, 2.75) is 26.7 Å². The van der Waals surface area contributed by atoms with Crippen LogP contribution in [0, 0.1) is 6.92 Å². The molecule has 0 aromatic heterocycles. The number of halogens is 2. The molecule has 1 aliphatic rings. The Kier molecular flexibility index (Phi) is 4.02. The summed E-state index contributed by atoms with van der Waals surface area (Å²) < 4.78 is 2.19. The van der Waals surface area contributed by atoms with Crippen molar-refractivity contribution in [3.05, 3.63) is 26.1 Å². The third-order valence-corrected chi connectivity index (χ3v) is 5.25. The number of anilines is 1. The molecule has 2 rings (SSSR count). The minimum absolute atomic E-state index is 0.455. The average molecular weight is 375 g/mol. The van der Waals surface area contributed by atoms with Crippen LogP contribution in [0.2, 0.25) is 0 Å². The molecule has 1 aromatic rings. The molecule has 1 aliphatic heterocycles.